The molecule has 1 atom stereocenters. The Balaban J connectivity index is 3.46. The Labute approximate surface area is 190 Å². The summed E-state index contributed by atoms with van der Waals surface area (Å²) in [6.45, 7) is 14.3. The summed E-state index contributed by atoms with van der Waals surface area (Å²) in [5, 5.41) is 10.4. The maximum Gasteiger partial charge on any atom is 0.191 e. The number of hydrogen-bond acceptors (Lipinski definition) is 2. The van der Waals surface area contributed by atoms with Crippen molar-refractivity contribution in [1.29, 1.82) is 0 Å². The normalized spacial score (nSPS) is 14.2. The van der Waals surface area contributed by atoms with Gasteiger partial charge in [0.05, 0.1) is 6.10 Å². The van der Waals surface area contributed by atoms with Crippen molar-refractivity contribution in [1.82, 2.24) is 0 Å². The molecule has 0 amide bonds. The van der Waals surface area contributed by atoms with Crippen LogP contribution in [0.15, 0.2) is 24.3 Å². The van der Waals surface area contributed by atoms with Crippen LogP contribution in [0.3, 0.4) is 0 Å². The first-order valence-corrected chi connectivity index (χ1v) is 15.7. The molecule has 3 heteroatoms. The summed E-state index contributed by atoms with van der Waals surface area (Å²) < 4.78 is 6.17. The summed E-state index contributed by atoms with van der Waals surface area (Å²) in [5.74, 6) is 0. The molecule has 0 saturated heterocycles. The molecule has 0 rings (SSSR count). The number of rotatable bonds is 19. The molecule has 30 heavy (non-hydrogen) atoms. The first-order valence-electron chi connectivity index (χ1n) is 12.8. The van der Waals surface area contributed by atoms with Crippen LogP contribution in [0.1, 0.15) is 118 Å². The van der Waals surface area contributed by atoms with Crippen LogP contribution in [0, 0.1) is 0 Å². The number of aliphatic hydroxyl groups is 1. The third kappa shape index (κ3) is 17.3. The Morgan fingerprint density at radius 1 is 0.767 bits per heavy atom. The number of aliphatic hydroxyl groups excluding tert-OH is 1. The molecular weight excluding hydrogens is 384 g/mol. The highest BCUT2D eigenvalue weighted by atomic mass is 28.4. The standard InChI is InChI=1S/C27H54O2Si/c1-7-8-9-10-11-12-13-14-15-16-17-18-19-20-21-22-23-26(28)24-25-29-30(5,6)27(2,3)4/h11-12,14-15,26,28H,7-10,13,16-25H2,1-6H3/b12-11-,15-14-/t26-/m1/s1. The van der Waals surface area contributed by atoms with Gasteiger partial charge in [0.15, 0.2) is 8.32 Å². The lowest BCUT2D eigenvalue weighted by molar-refractivity contribution is 0.124. The molecule has 0 aromatic carbocycles. The van der Waals surface area contributed by atoms with Crippen LogP contribution in [0.5, 0.6) is 0 Å². The predicted octanol–water partition coefficient (Wildman–Crippen LogP) is 8.96. The van der Waals surface area contributed by atoms with Crippen molar-refractivity contribution in [2.24, 2.45) is 0 Å². The molecular formula is C27H54O2Si. The second-order valence-electron chi connectivity index (χ2n) is 10.4. The third-order valence-corrected chi connectivity index (χ3v) is 11.0. The summed E-state index contributed by atoms with van der Waals surface area (Å²) in [6, 6.07) is 0. The summed E-state index contributed by atoms with van der Waals surface area (Å²) in [7, 11) is -1.67. The van der Waals surface area contributed by atoms with Crippen LogP contribution >= 0.6 is 0 Å². The van der Waals surface area contributed by atoms with Gasteiger partial charge in [-0.1, -0.05) is 96.9 Å². The highest BCUT2D eigenvalue weighted by molar-refractivity contribution is 6.74. The Morgan fingerprint density at radius 2 is 1.30 bits per heavy atom. The van der Waals surface area contributed by atoms with Crippen molar-refractivity contribution in [3.63, 3.8) is 0 Å². The van der Waals surface area contributed by atoms with Gasteiger partial charge in [-0.05, 0) is 63.1 Å². The van der Waals surface area contributed by atoms with Gasteiger partial charge in [0, 0.05) is 6.61 Å². The van der Waals surface area contributed by atoms with Crippen LogP contribution in [-0.4, -0.2) is 26.1 Å². The molecule has 0 heterocycles. The summed E-state index contributed by atoms with van der Waals surface area (Å²) in [4.78, 5) is 0. The lowest BCUT2D eigenvalue weighted by atomic mass is 10.0. The molecule has 0 aliphatic rings. The molecule has 0 radical (unpaired) electrons. The SMILES string of the molecule is CCCCC/C=C\C/C=C\CCCCCCCC[C@@H](O)CCO[Si](C)(C)C(C)(C)C. The van der Waals surface area contributed by atoms with Gasteiger partial charge in [0.2, 0.25) is 0 Å². The van der Waals surface area contributed by atoms with Crippen molar-refractivity contribution in [2.45, 2.75) is 142 Å². The molecule has 0 unspecified atom stereocenters. The first-order chi connectivity index (χ1) is 14.2. The zero-order valence-electron chi connectivity index (χ0n) is 21.3. The van der Waals surface area contributed by atoms with Gasteiger partial charge in [-0.2, -0.15) is 0 Å². The fraction of sp³-hybridized carbons (Fsp3) is 0.852. The minimum absolute atomic E-state index is 0.194. The Bertz CT molecular complexity index is 435. The van der Waals surface area contributed by atoms with E-state index in [9.17, 15) is 5.11 Å². The summed E-state index contributed by atoms with van der Waals surface area (Å²) >= 11 is 0. The molecule has 178 valence electrons. The average Bonchev–Trinajstić information content (AvgIpc) is 2.66. The minimum Gasteiger partial charge on any atom is -0.417 e. The molecule has 0 spiro atoms. The molecule has 2 nitrogen and oxygen atoms in total. The molecule has 0 aromatic rings. The van der Waals surface area contributed by atoms with Gasteiger partial charge >= 0.3 is 0 Å². The van der Waals surface area contributed by atoms with E-state index in [2.05, 4.69) is 65.1 Å². The van der Waals surface area contributed by atoms with Crippen LogP contribution in [0.4, 0.5) is 0 Å². The van der Waals surface area contributed by atoms with E-state index in [4.69, 9.17) is 4.43 Å². The molecule has 0 bridgehead atoms. The van der Waals surface area contributed by atoms with Crippen LogP contribution in [0.25, 0.3) is 0 Å². The van der Waals surface area contributed by atoms with Crippen molar-refractivity contribution >= 4 is 8.32 Å². The lowest BCUT2D eigenvalue weighted by Crippen LogP contribution is -2.41. The van der Waals surface area contributed by atoms with Crippen molar-refractivity contribution in [2.75, 3.05) is 6.61 Å². The van der Waals surface area contributed by atoms with E-state index < -0.39 is 8.32 Å². The van der Waals surface area contributed by atoms with E-state index in [-0.39, 0.29) is 11.1 Å². The van der Waals surface area contributed by atoms with Crippen molar-refractivity contribution < 1.29 is 9.53 Å². The topological polar surface area (TPSA) is 29.5 Å². The minimum atomic E-state index is -1.67. The maximum atomic E-state index is 10.2. The monoisotopic (exact) mass is 438 g/mol. The number of unbranched alkanes of at least 4 members (excludes halogenated alkanes) is 9. The zero-order valence-corrected chi connectivity index (χ0v) is 22.3. The van der Waals surface area contributed by atoms with Gasteiger partial charge in [-0.15, -0.1) is 0 Å². The second kappa shape index (κ2) is 18.2. The quantitative estimate of drug-likeness (QED) is 0.124. The Morgan fingerprint density at radius 3 is 1.87 bits per heavy atom. The van der Waals surface area contributed by atoms with Gasteiger partial charge in [0.1, 0.15) is 0 Å². The molecule has 0 aliphatic heterocycles. The molecule has 0 fully saturated rings. The van der Waals surface area contributed by atoms with E-state index in [1.54, 1.807) is 0 Å². The number of hydrogen-bond donors (Lipinski definition) is 1. The van der Waals surface area contributed by atoms with Crippen LogP contribution in [0.2, 0.25) is 18.1 Å². The lowest BCUT2D eigenvalue weighted by Gasteiger charge is -2.36. The highest BCUT2D eigenvalue weighted by Crippen LogP contribution is 2.36. The van der Waals surface area contributed by atoms with E-state index in [1.807, 2.05) is 0 Å². The highest BCUT2D eigenvalue weighted by Gasteiger charge is 2.36. The van der Waals surface area contributed by atoms with E-state index in [0.717, 1.165) is 25.7 Å². The number of allylic oxidation sites excluding steroid dienone is 4. The Hall–Kier alpha value is -0.383. The van der Waals surface area contributed by atoms with Gasteiger partial charge in [-0.3, -0.25) is 0 Å². The largest absolute Gasteiger partial charge is 0.417 e. The van der Waals surface area contributed by atoms with E-state index in [0.29, 0.717) is 6.61 Å². The van der Waals surface area contributed by atoms with Gasteiger partial charge in [0.25, 0.3) is 0 Å². The third-order valence-electron chi connectivity index (χ3n) is 6.46. The smallest absolute Gasteiger partial charge is 0.191 e. The van der Waals surface area contributed by atoms with Gasteiger partial charge in [-0.25, -0.2) is 0 Å². The van der Waals surface area contributed by atoms with Gasteiger partial charge < -0.3 is 9.53 Å². The van der Waals surface area contributed by atoms with Crippen molar-refractivity contribution in [3.8, 4) is 0 Å². The summed E-state index contributed by atoms with van der Waals surface area (Å²) in [6.07, 6.45) is 26.0. The van der Waals surface area contributed by atoms with Crippen molar-refractivity contribution in [3.05, 3.63) is 24.3 Å². The predicted molar refractivity (Wildman–Crippen MR) is 138 cm³/mol. The molecule has 0 saturated carbocycles. The van der Waals surface area contributed by atoms with Crippen LogP contribution in [-0.2, 0) is 4.43 Å². The maximum absolute atomic E-state index is 10.2. The average molecular weight is 439 g/mol. The first kappa shape index (κ1) is 29.6. The molecule has 1 N–H and O–H groups in total. The molecule has 0 aliphatic carbocycles. The summed E-state index contributed by atoms with van der Waals surface area (Å²) in [5.41, 5.74) is 0. The fourth-order valence-corrected chi connectivity index (χ4v) is 4.24. The molecule has 0 aromatic heterocycles. The fourth-order valence-electron chi connectivity index (χ4n) is 3.18. The Kier molecular flexibility index (Phi) is 18.0. The zero-order chi connectivity index (χ0) is 22.7. The van der Waals surface area contributed by atoms with E-state index in [1.165, 1.54) is 64.2 Å². The second-order valence-corrected chi connectivity index (χ2v) is 15.2. The van der Waals surface area contributed by atoms with Crippen LogP contribution < -0.4 is 0 Å². The van der Waals surface area contributed by atoms with E-state index >= 15 is 0 Å².